The molecular weight excluding hydrogens is 234 g/mol. The number of ether oxygens (including phenoxy) is 1. The van der Waals surface area contributed by atoms with Crippen LogP contribution >= 0.6 is 0 Å². The zero-order valence-corrected chi connectivity index (χ0v) is 10.1. The van der Waals surface area contributed by atoms with Crippen LogP contribution in [0.1, 0.15) is 12.8 Å². The van der Waals surface area contributed by atoms with Crippen LogP contribution in [0.15, 0.2) is 24.5 Å². The molecule has 1 heterocycles. The Kier molecular flexibility index (Phi) is 3.76. The maximum absolute atomic E-state index is 11.8. The standard InChI is InChI=1S/C12H15N3O3/c1-18-11(16)8-15-7-10(6-13-15)14-12(17)9-4-2-3-5-9/h2-3,6-7,9H,4-5,8H2,1H3,(H,14,17). The maximum Gasteiger partial charge on any atom is 0.327 e. The number of esters is 1. The van der Waals surface area contributed by atoms with Gasteiger partial charge < -0.3 is 10.1 Å². The van der Waals surface area contributed by atoms with Gasteiger partial charge in [0.2, 0.25) is 5.91 Å². The van der Waals surface area contributed by atoms with Gasteiger partial charge in [0.25, 0.3) is 0 Å². The Balaban J connectivity index is 1.90. The number of aromatic nitrogens is 2. The van der Waals surface area contributed by atoms with E-state index < -0.39 is 0 Å². The number of hydrogen-bond acceptors (Lipinski definition) is 4. The van der Waals surface area contributed by atoms with Gasteiger partial charge in [-0.2, -0.15) is 5.10 Å². The lowest BCUT2D eigenvalue weighted by atomic mass is 10.1. The van der Waals surface area contributed by atoms with Crippen LogP contribution in [0.25, 0.3) is 0 Å². The Bertz CT molecular complexity index is 471. The number of amides is 1. The minimum absolute atomic E-state index is 0.00829. The van der Waals surface area contributed by atoms with Gasteiger partial charge in [-0.1, -0.05) is 12.2 Å². The van der Waals surface area contributed by atoms with Crippen molar-refractivity contribution in [3.05, 3.63) is 24.5 Å². The molecule has 1 aliphatic carbocycles. The highest BCUT2D eigenvalue weighted by atomic mass is 16.5. The number of hydrogen-bond donors (Lipinski definition) is 1. The van der Waals surface area contributed by atoms with Crippen molar-refractivity contribution in [1.29, 1.82) is 0 Å². The minimum Gasteiger partial charge on any atom is -0.468 e. The highest BCUT2D eigenvalue weighted by Gasteiger charge is 2.19. The van der Waals surface area contributed by atoms with Gasteiger partial charge in [0.1, 0.15) is 6.54 Å². The van der Waals surface area contributed by atoms with Crippen LogP contribution in [0.3, 0.4) is 0 Å². The average Bonchev–Trinajstić information content (AvgIpc) is 3.00. The van der Waals surface area contributed by atoms with E-state index in [-0.39, 0.29) is 24.3 Å². The van der Waals surface area contributed by atoms with Gasteiger partial charge >= 0.3 is 5.97 Å². The molecular formula is C12H15N3O3. The van der Waals surface area contributed by atoms with Crippen LogP contribution in [0.5, 0.6) is 0 Å². The third-order valence-corrected chi connectivity index (χ3v) is 2.80. The highest BCUT2D eigenvalue weighted by Crippen LogP contribution is 2.19. The Morgan fingerprint density at radius 2 is 2.22 bits per heavy atom. The quantitative estimate of drug-likeness (QED) is 0.637. The van der Waals surface area contributed by atoms with E-state index in [9.17, 15) is 9.59 Å². The summed E-state index contributed by atoms with van der Waals surface area (Å²) in [6.45, 7) is 0.0390. The lowest BCUT2D eigenvalue weighted by Crippen LogP contribution is -2.20. The van der Waals surface area contributed by atoms with E-state index in [0.29, 0.717) is 5.69 Å². The fraction of sp³-hybridized carbons (Fsp3) is 0.417. The van der Waals surface area contributed by atoms with Crippen LogP contribution in [-0.4, -0.2) is 28.8 Å². The van der Waals surface area contributed by atoms with E-state index >= 15 is 0 Å². The van der Waals surface area contributed by atoms with Gasteiger partial charge in [-0.15, -0.1) is 0 Å². The van der Waals surface area contributed by atoms with E-state index in [0.717, 1.165) is 12.8 Å². The van der Waals surface area contributed by atoms with Gasteiger partial charge in [-0.05, 0) is 12.8 Å². The molecule has 0 aliphatic heterocycles. The fourth-order valence-corrected chi connectivity index (χ4v) is 1.79. The van der Waals surface area contributed by atoms with Crippen molar-refractivity contribution in [1.82, 2.24) is 9.78 Å². The molecule has 18 heavy (non-hydrogen) atoms. The largest absolute Gasteiger partial charge is 0.468 e. The molecule has 0 bridgehead atoms. The zero-order valence-electron chi connectivity index (χ0n) is 10.1. The summed E-state index contributed by atoms with van der Waals surface area (Å²) in [7, 11) is 1.32. The Labute approximate surface area is 105 Å². The van der Waals surface area contributed by atoms with E-state index in [4.69, 9.17) is 0 Å². The molecule has 1 aromatic rings. The van der Waals surface area contributed by atoms with Crippen molar-refractivity contribution < 1.29 is 14.3 Å². The van der Waals surface area contributed by atoms with E-state index in [2.05, 4.69) is 15.2 Å². The fourth-order valence-electron chi connectivity index (χ4n) is 1.79. The summed E-state index contributed by atoms with van der Waals surface area (Å²) < 4.78 is 5.96. The molecule has 0 saturated heterocycles. The third kappa shape index (κ3) is 2.97. The van der Waals surface area contributed by atoms with Crippen LogP contribution in [0.2, 0.25) is 0 Å². The molecule has 1 aliphatic rings. The monoisotopic (exact) mass is 249 g/mol. The number of nitrogens with one attached hydrogen (secondary N) is 1. The van der Waals surface area contributed by atoms with Gasteiger partial charge in [0, 0.05) is 12.1 Å². The van der Waals surface area contributed by atoms with Crippen LogP contribution in [-0.2, 0) is 20.9 Å². The molecule has 0 saturated carbocycles. The van der Waals surface area contributed by atoms with Crippen molar-refractivity contribution in [2.75, 3.05) is 12.4 Å². The second-order valence-electron chi connectivity index (χ2n) is 4.13. The first-order valence-electron chi connectivity index (χ1n) is 5.74. The molecule has 0 fully saturated rings. The van der Waals surface area contributed by atoms with Gasteiger partial charge in [0.05, 0.1) is 19.0 Å². The summed E-state index contributed by atoms with van der Waals surface area (Å²) in [6.07, 6.45) is 8.69. The number of methoxy groups -OCH3 is 1. The van der Waals surface area contributed by atoms with E-state index in [1.807, 2.05) is 12.2 Å². The second kappa shape index (κ2) is 5.48. The SMILES string of the molecule is COC(=O)Cn1cc(NC(=O)C2CC=CC2)cn1. The zero-order chi connectivity index (χ0) is 13.0. The topological polar surface area (TPSA) is 73.2 Å². The molecule has 6 heteroatoms. The molecule has 0 unspecified atom stereocenters. The van der Waals surface area contributed by atoms with Crippen molar-refractivity contribution in [3.8, 4) is 0 Å². The smallest absolute Gasteiger partial charge is 0.327 e. The number of nitrogens with zero attached hydrogens (tertiary/aromatic N) is 2. The third-order valence-electron chi connectivity index (χ3n) is 2.80. The molecule has 96 valence electrons. The molecule has 0 aromatic carbocycles. The molecule has 0 spiro atoms. The molecule has 6 nitrogen and oxygen atoms in total. The van der Waals surface area contributed by atoms with Crippen LogP contribution in [0, 0.1) is 5.92 Å². The number of carbonyl (C=O) groups is 2. The lowest BCUT2D eigenvalue weighted by Gasteiger charge is -2.08. The first-order chi connectivity index (χ1) is 8.69. The number of allylic oxidation sites excluding steroid dienone is 2. The van der Waals surface area contributed by atoms with Crippen molar-refractivity contribution in [2.24, 2.45) is 5.92 Å². The average molecular weight is 249 g/mol. The Hall–Kier alpha value is -2.11. The summed E-state index contributed by atoms with van der Waals surface area (Å²) in [5, 5.41) is 6.75. The number of anilines is 1. The second-order valence-corrected chi connectivity index (χ2v) is 4.13. The van der Waals surface area contributed by atoms with E-state index in [1.54, 1.807) is 6.20 Å². The number of rotatable bonds is 4. The molecule has 0 atom stereocenters. The summed E-state index contributed by atoms with van der Waals surface area (Å²) in [5.74, 6) is -0.387. The summed E-state index contributed by atoms with van der Waals surface area (Å²) in [5.41, 5.74) is 0.593. The van der Waals surface area contributed by atoms with Crippen LogP contribution < -0.4 is 5.32 Å². The summed E-state index contributed by atoms with van der Waals surface area (Å²) in [4.78, 5) is 22.9. The van der Waals surface area contributed by atoms with Gasteiger partial charge in [0.15, 0.2) is 0 Å². The van der Waals surface area contributed by atoms with Crippen molar-refractivity contribution in [2.45, 2.75) is 19.4 Å². The first kappa shape index (κ1) is 12.3. The van der Waals surface area contributed by atoms with Crippen molar-refractivity contribution >= 4 is 17.6 Å². The van der Waals surface area contributed by atoms with Crippen LogP contribution in [0.4, 0.5) is 5.69 Å². The van der Waals surface area contributed by atoms with Gasteiger partial charge in [-0.3, -0.25) is 14.3 Å². The predicted molar refractivity (Wildman–Crippen MR) is 64.7 cm³/mol. The predicted octanol–water partition coefficient (Wildman–Crippen LogP) is 0.961. The molecule has 1 amide bonds. The lowest BCUT2D eigenvalue weighted by molar-refractivity contribution is -0.141. The Morgan fingerprint density at radius 1 is 1.50 bits per heavy atom. The summed E-state index contributed by atoms with van der Waals surface area (Å²) >= 11 is 0. The summed E-state index contributed by atoms with van der Waals surface area (Å²) in [6, 6.07) is 0. The normalized spacial score (nSPS) is 14.7. The highest BCUT2D eigenvalue weighted by molar-refractivity contribution is 5.92. The molecule has 1 aromatic heterocycles. The number of carbonyl (C=O) groups excluding carboxylic acids is 2. The van der Waals surface area contributed by atoms with Crippen molar-refractivity contribution in [3.63, 3.8) is 0 Å². The maximum atomic E-state index is 11.8. The first-order valence-corrected chi connectivity index (χ1v) is 5.74. The molecule has 1 N–H and O–H groups in total. The van der Waals surface area contributed by atoms with E-state index in [1.165, 1.54) is 18.0 Å². The molecule has 0 radical (unpaired) electrons. The van der Waals surface area contributed by atoms with Gasteiger partial charge in [-0.25, -0.2) is 0 Å². The minimum atomic E-state index is -0.379. The Morgan fingerprint density at radius 3 is 2.89 bits per heavy atom. The molecule has 2 rings (SSSR count).